The molecule has 0 saturated heterocycles. The van der Waals surface area contributed by atoms with Gasteiger partial charge in [-0.15, -0.1) is 11.3 Å². The number of hydrogen-bond donors (Lipinski definition) is 1. The molecule has 4 rings (SSSR count). The van der Waals surface area contributed by atoms with E-state index in [-0.39, 0.29) is 23.4 Å². The predicted molar refractivity (Wildman–Crippen MR) is 97.4 cm³/mol. The van der Waals surface area contributed by atoms with Gasteiger partial charge in [0.2, 0.25) is 5.82 Å². The van der Waals surface area contributed by atoms with E-state index in [1.54, 1.807) is 42.5 Å². The van der Waals surface area contributed by atoms with Crippen molar-refractivity contribution in [1.82, 2.24) is 10.1 Å². The lowest BCUT2D eigenvalue weighted by Crippen LogP contribution is -2.11. The Morgan fingerprint density at radius 2 is 1.92 bits per heavy atom. The van der Waals surface area contributed by atoms with Crippen molar-refractivity contribution < 1.29 is 13.7 Å². The molecule has 0 bridgehead atoms. The van der Waals surface area contributed by atoms with Crippen molar-refractivity contribution in [2.24, 2.45) is 0 Å². The van der Waals surface area contributed by atoms with Crippen LogP contribution in [0.3, 0.4) is 0 Å². The lowest BCUT2D eigenvalue weighted by atomic mass is 10.2. The Hall–Kier alpha value is -3.32. The van der Waals surface area contributed by atoms with Crippen molar-refractivity contribution >= 4 is 22.9 Å². The molecular formula is C19H12FN3O2S. The van der Waals surface area contributed by atoms with Crippen molar-refractivity contribution in [2.75, 3.05) is 5.32 Å². The fourth-order valence-corrected chi connectivity index (χ4v) is 3.19. The average Bonchev–Trinajstić information content (AvgIpc) is 3.31. The van der Waals surface area contributed by atoms with Crippen LogP contribution < -0.4 is 5.32 Å². The molecule has 0 radical (unpaired) electrons. The fourth-order valence-electron chi connectivity index (χ4n) is 2.42. The summed E-state index contributed by atoms with van der Waals surface area (Å²) in [4.78, 5) is 17.3. The standard InChI is InChI=1S/C19H12FN3O2S/c20-14-8-4-7-13(11-14)17-22-19(25-23-17)16-15(9-10-26-16)21-18(24)12-5-2-1-3-6-12/h1-11H,(H,21,24). The minimum atomic E-state index is -0.374. The van der Waals surface area contributed by atoms with Crippen LogP contribution in [0.5, 0.6) is 0 Å². The summed E-state index contributed by atoms with van der Waals surface area (Å²) in [5.74, 6) is -0.0493. The number of amides is 1. The van der Waals surface area contributed by atoms with Gasteiger partial charge in [-0.1, -0.05) is 35.5 Å². The van der Waals surface area contributed by atoms with Gasteiger partial charge in [-0.05, 0) is 35.7 Å². The molecule has 2 aromatic carbocycles. The average molecular weight is 365 g/mol. The van der Waals surface area contributed by atoms with Gasteiger partial charge in [0.25, 0.3) is 11.8 Å². The van der Waals surface area contributed by atoms with Crippen LogP contribution in [0.15, 0.2) is 70.6 Å². The first-order valence-corrected chi connectivity index (χ1v) is 8.62. The van der Waals surface area contributed by atoms with Gasteiger partial charge in [-0.25, -0.2) is 4.39 Å². The van der Waals surface area contributed by atoms with Crippen LogP contribution in [-0.4, -0.2) is 16.0 Å². The van der Waals surface area contributed by atoms with Gasteiger partial charge >= 0.3 is 0 Å². The van der Waals surface area contributed by atoms with E-state index in [1.165, 1.54) is 23.5 Å². The zero-order valence-corrected chi connectivity index (χ0v) is 14.2. The third-order valence-corrected chi connectivity index (χ3v) is 4.55. The maximum absolute atomic E-state index is 13.4. The second-order valence-corrected chi connectivity index (χ2v) is 6.33. The number of hydrogen-bond acceptors (Lipinski definition) is 5. The highest BCUT2D eigenvalue weighted by atomic mass is 32.1. The molecule has 1 amide bonds. The molecule has 0 aliphatic rings. The molecular weight excluding hydrogens is 353 g/mol. The van der Waals surface area contributed by atoms with Crippen LogP contribution in [0.4, 0.5) is 10.1 Å². The van der Waals surface area contributed by atoms with Gasteiger partial charge in [-0.3, -0.25) is 4.79 Å². The molecule has 2 heterocycles. The van der Waals surface area contributed by atoms with E-state index in [4.69, 9.17) is 4.52 Å². The molecule has 2 aromatic heterocycles. The van der Waals surface area contributed by atoms with Crippen LogP contribution in [-0.2, 0) is 0 Å². The Morgan fingerprint density at radius 3 is 2.73 bits per heavy atom. The number of thiophene rings is 1. The summed E-state index contributed by atoms with van der Waals surface area (Å²) in [6, 6.07) is 16.6. The van der Waals surface area contributed by atoms with E-state index in [2.05, 4.69) is 15.5 Å². The monoisotopic (exact) mass is 365 g/mol. The molecule has 4 aromatic rings. The summed E-state index contributed by atoms with van der Waals surface area (Å²) in [5.41, 5.74) is 1.65. The molecule has 128 valence electrons. The molecule has 1 N–H and O–H groups in total. The number of rotatable bonds is 4. The van der Waals surface area contributed by atoms with Crippen molar-refractivity contribution in [3.8, 4) is 22.2 Å². The summed E-state index contributed by atoms with van der Waals surface area (Å²) < 4.78 is 18.7. The van der Waals surface area contributed by atoms with Crippen molar-refractivity contribution in [2.45, 2.75) is 0 Å². The number of aromatic nitrogens is 2. The predicted octanol–water partition coefficient (Wildman–Crippen LogP) is 4.86. The topological polar surface area (TPSA) is 68.0 Å². The van der Waals surface area contributed by atoms with Crippen LogP contribution in [0.25, 0.3) is 22.2 Å². The summed E-state index contributed by atoms with van der Waals surface area (Å²) in [6.45, 7) is 0. The van der Waals surface area contributed by atoms with Crippen LogP contribution in [0.2, 0.25) is 0 Å². The highest BCUT2D eigenvalue weighted by Gasteiger charge is 2.17. The Labute approximate surface area is 152 Å². The molecule has 0 spiro atoms. The van der Waals surface area contributed by atoms with Crippen molar-refractivity contribution in [1.29, 1.82) is 0 Å². The lowest BCUT2D eigenvalue weighted by molar-refractivity contribution is 0.102. The number of anilines is 1. The second-order valence-electron chi connectivity index (χ2n) is 5.42. The molecule has 0 fully saturated rings. The molecule has 7 heteroatoms. The summed E-state index contributed by atoms with van der Waals surface area (Å²) in [6.07, 6.45) is 0. The zero-order chi connectivity index (χ0) is 17.9. The Bertz CT molecular complexity index is 1060. The minimum absolute atomic E-state index is 0.227. The van der Waals surface area contributed by atoms with Gasteiger partial charge in [0.15, 0.2) is 0 Å². The molecule has 0 aliphatic heterocycles. The minimum Gasteiger partial charge on any atom is -0.333 e. The first-order chi connectivity index (χ1) is 12.7. The first-order valence-electron chi connectivity index (χ1n) is 7.74. The van der Waals surface area contributed by atoms with Crippen LogP contribution in [0.1, 0.15) is 10.4 Å². The van der Waals surface area contributed by atoms with E-state index in [9.17, 15) is 9.18 Å². The SMILES string of the molecule is O=C(Nc1ccsc1-c1nc(-c2cccc(F)c2)no1)c1ccccc1. The van der Waals surface area contributed by atoms with E-state index in [0.717, 1.165) is 0 Å². The van der Waals surface area contributed by atoms with Crippen LogP contribution in [0, 0.1) is 5.82 Å². The fraction of sp³-hybridized carbons (Fsp3) is 0. The Kier molecular flexibility index (Phi) is 4.28. The number of halogens is 1. The Balaban J connectivity index is 1.60. The third-order valence-electron chi connectivity index (χ3n) is 3.65. The maximum atomic E-state index is 13.4. The largest absolute Gasteiger partial charge is 0.333 e. The molecule has 0 aliphatic carbocycles. The number of carbonyl (C=O) groups excluding carboxylic acids is 1. The highest BCUT2D eigenvalue weighted by Crippen LogP contribution is 2.34. The molecule has 5 nitrogen and oxygen atoms in total. The molecule has 0 atom stereocenters. The van der Waals surface area contributed by atoms with E-state index in [0.29, 0.717) is 21.7 Å². The molecule has 26 heavy (non-hydrogen) atoms. The number of nitrogens with one attached hydrogen (secondary N) is 1. The first kappa shape index (κ1) is 16.2. The quantitative estimate of drug-likeness (QED) is 0.561. The number of carbonyl (C=O) groups is 1. The molecule has 0 saturated carbocycles. The number of benzene rings is 2. The maximum Gasteiger partial charge on any atom is 0.270 e. The smallest absolute Gasteiger partial charge is 0.270 e. The lowest BCUT2D eigenvalue weighted by Gasteiger charge is -2.04. The van der Waals surface area contributed by atoms with Gasteiger partial charge in [0.05, 0.1) is 5.69 Å². The summed E-state index contributed by atoms with van der Waals surface area (Å²) in [7, 11) is 0. The van der Waals surface area contributed by atoms with E-state index >= 15 is 0 Å². The normalized spacial score (nSPS) is 10.7. The summed E-state index contributed by atoms with van der Waals surface area (Å²) >= 11 is 1.37. The zero-order valence-electron chi connectivity index (χ0n) is 13.3. The van der Waals surface area contributed by atoms with Crippen LogP contribution >= 0.6 is 11.3 Å². The Morgan fingerprint density at radius 1 is 1.08 bits per heavy atom. The second kappa shape index (κ2) is 6.89. The van der Waals surface area contributed by atoms with Gasteiger partial charge in [-0.2, -0.15) is 4.98 Å². The summed E-state index contributed by atoms with van der Waals surface area (Å²) in [5, 5.41) is 8.57. The van der Waals surface area contributed by atoms with Crippen molar-refractivity contribution in [3.05, 3.63) is 77.4 Å². The van der Waals surface area contributed by atoms with Crippen molar-refractivity contribution in [3.63, 3.8) is 0 Å². The van der Waals surface area contributed by atoms with Gasteiger partial charge in [0.1, 0.15) is 10.7 Å². The molecule has 0 unspecified atom stereocenters. The number of nitrogens with zero attached hydrogens (tertiary/aromatic N) is 2. The van der Waals surface area contributed by atoms with Gasteiger partial charge in [0, 0.05) is 11.1 Å². The van der Waals surface area contributed by atoms with Gasteiger partial charge < -0.3 is 9.84 Å². The van der Waals surface area contributed by atoms with E-state index in [1.807, 2.05) is 11.4 Å². The highest BCUT2D eigenvalue weighted by molar-refractivity contribution is 7.14. The third kappa shape index (κ3) is 3.25. The van der Waals surface area contributed by atoms with E-state index < -0.39 is 0 Å².